The Morgan fingerprint density at radius 2 is 2.19 bits per heavy atom. The van der Waals surface area contributed by atoms with Crippen molar-refractivity contribution in [2.24, 2.45) is 0 Å². The number of nitrogens with one attached hydrogen (secondary N) is 1. The van der Waals surface area contributed by atoms with Crippen LogP contribution in [0.25, 0.3) is 17.2 Å². The van der Waals surface area contributed by atoms with Gasteiger partial charge >= 0.3 is 0 Å². The molecular formula is C23H20FN5O2S. The highest BCUT2D eigenvalue weighted by Gasteiger charge is 2.33. The van der Waals surface area contributed by atoms with Gasteiger partial charge in [-0.05, 0) is 59.5 Å². The lowest BCUT2D eigenvalue weighted by Gasteiger charge is -2.10. The van der Waals surface area contributed by atoms with E-state index in [0.717, 1.165) is 24.1 Å². The molecule has 7 nitrogen and oxygen atoms in total. The van der Waals surface area contributed by atoms with Crippen LogP contribution in [0.1, 0.15) is 40.4 Å². The number of methoxy groups -OCH3 is 1. The summed E-state index contributed by atoms with van der Waals surface area (Å²) in [6.07, 6.45) is 5.15. The maximum Gasteiger partial charge on any atom is 0.255 e. The fraction of sp³-hybridized carbons (Fsp3) is 0.217. The number of hydrogen-bond donors (Lipinski definition) is 1. The molecule has 32 heavy (non-hydrogen) atoms. The molecule has 1 aliphatic carbocycles. The van der Waals surface area contributed by atoms with Crippen LogP contribution in [-0.2, 0) is 6.54 Å². The van der Waals surface area contributed by atoms with Crippen LogP contribution >= 0.6 is 11.3 Å². The van der Waals surface area contributed by atoms with Crippen LogP contribution in [0.4, 0.5) is 4.39 Å². The van der Waals surface area contributed by atoms with E-state index in [1.807, 2.05) is 16.8 Å². The lowest BCUT2D eigenvalue weighted by Crippen LogP contribution is -2.23. The molecule has 0 aliphatic heterocycles. The number of thiophene rings is 1. The van der Waals surface area contributed by atoms with Crippen LogP contribution in [-0.4, -0.2) is 32.8 Å². The van der Waals surface area contributed by atoms with Gasteiger partial charge in [-0.25, -0.2) is 19.0 Å². The lowest BCUT2D eigenvalue weighted by atomic mass is 10.1. The first kappa shape index (κ1) is 20.3. The number of rotatable bonds is 7. The van der Waals surface area contributed by atoms with Gasteiger partial charge in [0.05, 0.1) is 30.3 Å². The highest BCUT2D eigenvalue weighted by Crippen LogP contribution is 2.42. The van der Waals surface area contributed by atoms with Gasteiger partial charge in [0.25, 0.3) is 11.9 Å². The minimum absolute atomic E-state index is 0.169. The van der Waals surface area contributed by atoms with E-state index in [1.165, 1.54) is 13.2 Å². The highest BCUT2D eigenvalue weighted by molar-refractivity contribution is 7.07. The third kappa shape index (κ3) is 3.99. The average Bonchev–Trinajstić information content (AvgIpc) is 3.33. The number of carbonyl (C=O) groups is 1. The molecule has 1 amide bonds. The topological polar surface area (TPSA) is 81.9 Å². The molecule has 0 bridgehead atoms. The number of benzene rings is 1. The first-order valence-corrected chi connectivity index (χ1v) is 11.1. The fourth-order valence-corrected chi connectivity index (χ4v) is 4.22. The molecule has 3 heterocycles. The number of hydrogen-bond acceptors (Lipinski definition) is 6. The maximum absolute atomic E-state index is 14.2. The smallest absolute Gasteiger partial charge is 0.255 e. The van der Waals surface area contributed by atoms with Gasteiger partial charge in [-0.3, -0.25) is 4.79 Å². The minimum atomic E-state index is -0.465. The summed E-state index contributed by atoms with van der Waals surface area (Å²) in [5, 5.41) is 11.4. The van der Waals surface area contributed by atoms with Crippen molar-refractivity contribution in [2.75, 3.05) is 7.11 Å². The van der Waals surface area contributed by atoms with Crippen molar-refractivity contribution in [2.45, 2.75) is 25.3 Å². The second-order valence-electron chi connectivity index (χ2n) is 7.54. The summed E-state index contributed by atoms with van der Waals surface area (Å²) in [6.45, 7) is 0.465. The van der Waals surface area contributed by atoms with Crippen LogP contribution < -0.4 is 10.1 Å². The van der Waals surface area contributed by atoms with E-state index < -0.39 is 5.82 Å². The molecule has 0 spiro atoms. The Kier molecular flexibility index (Phi) is 5.40. The molecule has 1 aromatic carbocycles. The summed E-state index contributed by atoms with van der Waals surface area (Å²) in [7, 11) is 1.42. The number of aromatic nitrogens is 4. The van der Waals surface area contributed by atoms with Gasteiger partial charge in [-0.1, -0.05) is 0 Å². The summed E-state index contributed by atoms with van der Waals surface area (Å²) in [4.78, 5) is 21.8. The van der Waals surface area contributed by atoms with Crippen molar-refractivity contribution in [3.05, 3.63) is 76.1 Å². The van der Waals surface area contributed by atoms with Crippen molar-refractivity contribution < 1.29 is 13.9 Å². The second-order valence-corrected chi connectivity index (χ2v) is 8.32. The Labute approximate surface area is 187 Å². The highest BCUT2D eigenvalue weighted by atomic mass is 32.1. The molecule has 1 saturated carbocycles. The van der Waals surface area contributed by atoms with E-state index in [9.17, 15) is 9.18 Å². The molecule has 3 aromatic heterocycles. The van der Waals surface area contributed by atoms with Crippen molar-refractivity contribution >= 4 is 17.2 Å². The fourth-order valence-electron chi connectivity index (χ4n) is 3.55. The van der Waals surface area contributed by atoms with Crippen LogP contribution in [0.15, 0.2) is 53.5 Å². The van der Waals surface area contributed by atoms with E-state index in [1.54, 1.807) is 46.6 Å². The molecular weight excluding hydrogens is 429 g/mol. The van der Waals surface area contributed by atoms with Crippen molar-refractivity contribution in [1.82, 2.24) is 25.1 Å². The van der Waals surface area contributed by atoms with Crippen LogP contribution in [0.5, 0.6) is 5.75 Å². The van der Waals surface area contributed by atoms with Gasteiger partial charge in [0.1, 0.15) is 0 Å². The summed E-state index contributed by atoms with van der Waals surface area (Å²) < 4.78 is 20.8. The standard InChI is InChI=1S/C23H20FN5O2S/c1-31-20-5-4-16(10-18(20)24)19-6-8-25-23(28-19)29-21(15-2-3-15)17(12-27-29)22(30)26-11-14-7-9-32-13-14/h4-10,12-13,15H,2-3,11H2,1H3,(H,26,30). The lowest BCUT2D eigenvalue weighted by molar-refractivity contribution is 0.0950. The van der Waals surface area contributed by atoms with Crippen molar-refractivity contribution in [3.63, 3.8) is 0 Å². The molecule has 1 aliphatic rings. The third-order valence-electron chi connectivity index (χ3n) is 5.33. The largest absolute Gasteiger partial charge is 0.494 e. The van der Waals surface area contributed by atoms with Crippen molar-refractivity contribution in [1.29, 1.82) is 0 Å². The van der Waals surface area contributed by atoms with Gasteiger partial charge < -0.3 is 10.1 Å². The minimum Gasteiger partial charge on any atom is -0.494 e. The molecule has 0 saturated heterocycles. The Morgan fingerprint density at radius 3 is 2.91 bits per heavy atom. The Bertz CT molecular complexity index is 1270. The van der Waals surface area contributed by atoms with E-state index >= 15 is 0 Å². The Balaban J connectivity index is 1.46. The molecule has 0 radical (unpaired) electrons. The van der Waals surface area contributed by atoms with Crippen LogP contribution in [0, 0.1) is 5.82 Å². The zero-order valence-electron chi connectivity index (χ0n) is 17.3. The molecule has 5 rings (SSSR count). The number of carbonyl (C=O) groups excluding carboxylic acids is 1. The normalized spacial score (nSPS) is 13.2. The average molecular weight is 450 g/mol. The van der Waals surface area contributed by atoms with Crippen LogP contribution in [0.3, 0.4) is 0 Å². The monoisotopic (exact) mass is 449 g/mol. The quantitative estimate of drug-likeness (QED) is 0.454. The summed E-state index contributed by atoms with van der Waals surface area (Å²) >= 11 is 1.59. The number of ether oxygens (including phenoxy) is 1. The number of amides is 1. The van der Waals surface area contributed by atoms with E-state index in [4.69, 9.17) is 4.74 Å². The summed E-state index contributed by atoms with van der Waals surface area (Å²) in [6, 6.07) is 8.37. The van der Waals surface area contributed by atoms with Gasteiger partial charge in [-0.2, -0.15) is 16.4 Å². The van der Waals surface area contributed by atoms with E-state index in [-0.39, 0.29) is 17.6 Å². The molecule has 162 valence electrons. The number of halogens is 1. The predicted molar refractivity (Wildman–Crippen MR) is 119 cm³/mol. The third-order valence-corrected chi connectivity index (χ3v) is 6.06. The zero-order chi connectivity index (χ0) is 22.1. The van der Waals surface area contributed by atoms with Crippen LogP contribution in [0.2, 0.25) is 0 Å². The first-order chi connectivity index (χ1) is 15.6. The second kappa shape index (κ2) is 8.51. The molecule has 4 aromatic rings. The maximum atomic E-state index is 14.2. The molecule has 0 unspecified atom stereocenters. The SMILES string of the molecule is COc1ccc(-c2ccnc(-n3ncc(C(=O)NCc4ccsc4)c3C3CC3)n2)cc1F. The predicted octanol–water partition coefficient (Wildman–Crippen LogP) is 4.35. The molecule has 9 heteroatoms. The number of nitrogens with zero attached hydrogens (tertiary/aromatic N) is 4. The summed E-state index contributed by atoms with van der Waals surface area (Å²) in [5.74, 6) is 0.122. The first-order valence-electron chi connectivity index (χ1n) is 10.2. The molecule has 1 fully saturated rings. The van der Waals surface area contributed by atoms with Gasteiger partial charge in [0, 0.05) is 24.2 Å². The Hall–Kier alpha value is -3.59. The summed E-state index contributed by atoms with van der Waals surface area (Å²) in [5.41, 5.74) is 3.56. The van der Waals surface area contributed by atoms with E-state index in [0.29, 0.717) is 29.3 Å². The van der Waals surface area contributed by atoms with E-state index in [2.05, 4.69) is 20.4 Å². The van der Waals surface area contributed by atoms with Crippen molar-refractivity contribution in [3.8, 4) is 23.0 Å². The van der Waals surface area contributed by atoms with Gasteiger partial charge in [0.15, 0.2) is 11.6 Å². The molecule has 1 N–H and O–H groups in total. The van der Waals surface area contributed by atoms with Gasteiger partial charge in [0.2, 0.25) is 0 Å². The zero-order valence-corrected chi connectivity index (χ0v) is 18.1. The Morgan fingerprint density at radius 1 is 1.31 bits per heavy atom. The molecule has 0 atom stereocenters. The van der Waals surface area contributed by atoms with Gasteiger partial charge in [-0.15, -0.1) is 0 Å².